The van der Waals surface area contributed by atoms with Crippen molar-refractivity contribution in [2.75, 3.05) is 18.9 Å². The SMILES string of the molecule is CN1CCc2ccc(NC(=O)c3c(Cl)cc[nH]c3=O)cc2C1. The third-order valence-electron chi connectivity index (χ3n) is 3.80. The molecule has 5 nitrogen and oxygen atoms in total. The summed E-state index contributed by atoms with van der Waals surface area (Å²) in [6.45, 7) is 1.89. The van der Waals surface area contributed by atoms with Crippen LogP contribution in [0.3, 0.4) is 0 Å². The highest BCUT2D eigenvalue weighted by molar-refractivity contribution is 6.34. The van der Waals surface area contributed by atoms with E-state index in [1.807, 2.05) is 18.2 Å². The number of H-pyrrole nitrogens is 1. The lowest BCUT2D eigenvalue weighted by molar-refractivity contribution is 0.102. The van der Waals surface area contributed by atoms with Crippen LogP contribution in [-0.4, -0.2) is 29.4 Å². The Bertz CT molecular complexity index is 785. The smallest absolute Gasteiger partial charge is 0.262 e. The first-order chi connectivity index (χ1) is 10.5. The molecule has 0 aliphatic carbocycles. The van der Waals surface area contributed by atoms with E-state index < -0.39 is 11.5 Å². The summed E-state index contributed by atoms with van der Waals surface area (Å²) < 4.78 is 0. The van der Waals surface area contributed by atoms with Gasteiger partial charge in [0.2, 0.25) is 0 Å². The van der Waals surface area contributed by atoms with Crippen LogP contribution >= 0.6 is 11.6 Å². The van der Waals surface area contributed by atoms with Crippen LogP contribution in [0.2, 0.25) is 5.02 Å². The molecule has 1 aromatic heterocycles. The lowest BCUT2D eigenvalue weighted by atomic mass is 9.99. The van der Waals surface area contributed by atoms with Crippen molar-refractivity contribution >= 4 is 23.2 Å². The maximum Gasteiger partial charge on any atom is 0.262 e. The Labute approximate surface area is 132 Å². The molecule has 22 heavy (non-hydrogen) atoms. The first-order valence-electron chi connectivity index (χ1n) is 7.03. The Morgan fingerprint density at radius 1 is 1.32 bits per heavy atom. The van der Waals surface area contributed by atoms with E-state index in [4.69, 9.17) is 11.6 Å². The number of fused-ring (bicyclic) bond motifs is 1. The van der Waals surface area contributed by atoms with Crippen LogP contribution in [-0.2, 0) is 13.0 Å². The summed E-state index contributed by atoms with van der Waals surface area (Å²) in [6, 6.07) is 7.31. The third-order valence-corrected chi connectivity index (χ3v) is 4.12. The highest BCUT2D eigenvalue weighted by Gasteiger charge is 2.17. The zero-order chi connectivity index (χ0) is 15.7. The van der Waals surface area contributed by atoms with Crippen LogP contribution in [0.4, 0.5) is 5.69 Å². The quantitative estimate of drug-likeness (QED) is 0.893. The lowest BCUT2D eigenvalue weighted by Crippen LogP contribution is -2.27. The minimum absolute atomic E-state index is 0.0704. The average molecular weight is 318 g/mol. The van der Waals surface area contributed by atoms with Crippen LogP contribution in [0.5, 0.6) is 0 Å². The fraction of sp³-hybridized carbons (Fsp3) is 0.250. The van der Waals surface area contributed by atoms with E-state index in [0.29, 0.717) is 5.69 Å². The largest absolute Gasteiger partial charge is 0.328 e. The van der Waals surface area contributed by atoms with Crippen molar-refractivity contribution in [1.82, 2.24) is 9.88 Å². The van der Waals surface area contributed by atoms with E-state index in [9.17, 15) is 9.59 Å². The zero-order valence-electron chi connectivity index (χ0n) is 12.1. The molecule has 0 fully saturated rings. The summed E-state index contributed by atoms with van der Waals surface area (Å²) in [7, 11) is 2.07. The van der Waals surface area contributed by atoms with Crippen molar-refractivity contribution < 1.29 is 4.79 Å². The standard InChI is InChI=1S/C16H16ClN3O2/c1-20-7-5-10-2-3-12(8-11(10)9-20)19-16(22)14-13(17)4-6-18-15(14)21/h2-4,6,8H,5,7,9H2,1H3,(H,18,21)(H,19,22). The molecule has 0 radical (unpaired) electrons. The predicted molar refractivity (Wildman–Crippen MR) is 86.5 cm³/mol. The number of aromatic amines is 1. The lowest BCUT2D eigenvalue weighted by Gasteiger charge is -2.25. The summed E-state index contributed by atoms with van der Waals surface area (Å²) in [5, 5.41) is 2.88. The summed E-state index contributed by atoms with van der Waals surface area (Å²) in [4.78, 5) is 28.7. The molecule has 0 spiro atoms. The number of anilines is 1. The van der Waals surface area contributed by atoms with Gasteiger partial charge in [-0.3, -0.25) is 9.59 Å². The molecule has 2 N–H and O–H groups in total. The van der Waals surface area contributed by atoms with Gasteiger partial charge in [0.15, 0.2) is 0 Å². The van der Waals surface area contributed by atoms with E-state index in [2.05, 4.69) is 22.2 Å². The fourth-order valence-electron chi connectivity index (χ4n) is 2.64. The topological polar surface area (TPSA) is 65.2 Å². The van der Waals surface area contributed by atoms with Gasteiger partial charge in [-0.1, -0.05) is 17.7 Å². The number of rotatable bonds is 2. The second-order valence-corrected chi connectivity index (χ2v) is 5.86. The summed E-state index contributed by atoms with van der Waals surface area (Å²) in [5.74, 6) is -0.504. The number of aromatic nitrogens is 1. The van der Waals surface area contributed by atoms with E-state index in [1.165, 1.54) is 23.4 Å². The second-order valence-electron chi connectivity index (χ2n) is 5.46. The normalized spacial score (nSPS) is 14.5. The number of likely N-dealkylation sites (N-methyl/N-ethyl adjacent to an activating group) is 1. The van der Waals surface area contributed by atoms with Gasteiger partial charge in [-0.25, -0.2) is 0 Å². The van der Waals surface area contributed by atoms with Crippen LogP contribution < -0.4 is 10.9 Å². The van der Waals surface area contributed by atoms with Gasteiger partial charge in [-0.15, -0.1) is 0 Å². The highest BCUT2D eigenvalue weighted by atomic mass is 35.5. The summed E-state index contributed by atoms with van der Waals surface area (Å²) >= 11 is 5.94. The van der Waals surface area contributed by atoms with Gasteiger partial charge >= 0.3 is 0 Å². The van der Waals surface area contributed by atoms with Crippen LogP contribution in [0.25, 0.3) is 0 Å². The Balaban J connectivity index is 1.86. The van der Waals surface area contributed by atoms with E-state index in [-0.39, 0.29) is 10.6 Å². The van der Waals surface area contributed by atoms with Gasteiger partial charge in [0.25, 0.3) is 11.5 Å². The van der Waals surface area contributed by atoms with Crippen molar-refractivity contribution in [3.05, 3.63) is 62.5 Å². The number of hydrogen-bond acceptors (Lipinski definition) is 3. The number of pyridine rings is 1. The van der Waals surface area contributed by atoms with Crippen molar-refractivity contribution in [1.29, 1.82) is 0 Å². The maximum atomic E-state index is 12.3. The van der Waals surface area contributed by atoms with Gasteiger partial charge in [0.1, 0.15) is 5.56 Å². The maximum absolute atomic E-state index is 12.3. The van der Waals surface area contributed by atoms with E-state index in [0.717, 1.165) is 19.5 Å². The number of benzene rings is 1. The molecule has 6 heteroatoms. The van der Waals surface area contributed by atoms with Gasteiger partial charge in [0.05, 0.1) is 5.02 Å². The first-order valence-corrected chi connectivity index (χ1v) is 7.41. The molecule has 1 amide bonds. The van der Waals surface area contributed by atoms with Gasteiger partial charge in [-0.2, -0.15) is 0 Å². The Hall–Kier alpha value is -2.11. The number of amides is 1. The molecule has 3 rings (SSSR count). The third kappa shape index (κ3) is 2.91. The molecule has 0 atom stereocenters. The number of halogens is 1. The molecular formula is C16H16ClN3O2. The molecule has 1 aliphatic rings. The minimum atomic E-state index is -0.504. The average Bonchev–Trinajstić information content (AvgIpc) is 2.46. The minimum Gasteiger partial charge on any atom is -0.328 e. The number of carbonyl (C=O) groups is 1. The molecule has 2 heterocycles. The van der Waals surface area contributed by atoms with Crippen molar-refractivity contribution in [3.8, 4) is 0 Å². The molecule has 1 aromatic carbocycles. The van der Waals surface area contributed by atoms with Crippen LogP contribution in [0, 0.1) is 0 Å². The van der Waals surface area contributed by atoms with E-state index >= 15 is 0 Å². The van der Waals surface area contributed by atoms with Crippen molar-refractivity contribution in [3.63, 3.8) is 0 Å². The Morgan fingerprint density at radius 2 is 2.14 bits per heavy atom. The molecule has 2 aromatic rings. The van der Waals surface area contributed by atoms with Gasteiger partial charge < -0.3 is 15.2 Å². The van der Waals surface area contributed by atoms with Crippen molar-refractivity contribution in [2.24, 2.45) is 0 Å². The molecule has 0 saturated heterocycles. The molecular weight excluding hydrogens is 302 g/mol. The zero-order valence-corrected chi connectivity index (χ0v) is 12.9. The first kappa shape index (κ1) is 14.8. The van der Waals surface area contributed by atoms with Gasteiger partial charge in [-0.05, 0) is 42.8 Å². The number of nitrogens with one attached hydrogen (secondary N) is 2. The van der Waals surface area contributed by atoms with Crippen LogP contribution in [0.15, 0.2) is 35.3 Å². The Kier molecular flexibility index (Phi) is 4.00. The Morgan fingerprint density at radius 3 is 2.91 bits per heavy atom. The number of hydrogen-bond donors (Lipinski definition) is 2. The van der Waals surface area contributed by atoms with Gasteiger partial charge in [0, 0.05) is 25.0 Å². The molecule has 0 unspecified atom stereocenters. The van der Waals surface area contributed by atoms with E-state index in [1.54, 1.807) is 0 Å². The molecule has 0 bridgehead atoms. The fourth-order valence-corrected chi connectivity index (χ4v) is 2.87. The molecule has 0 saturated carbocycles. The summed E-state index contributed by atoms with van der Waals surface area (Å²) in [5.41, 5.74) is 2.59. The number of carbonyl (C=O) groups excluding carboxylic acids is 1. The van der Waals surface area contributed by atoms with Crippen LogP contribution in [0.1, 0.15) is 21.5 Å². The highest BCUT2D eigenvalue weighted by Crippen LogP contribution is 2.22. The monoisotopic (exact) mass is 317 g/mol. The number of nitrogens with zero attached hydrogens (tertiary/aromatic N) is 1. The summed E-state index contributed by atoms with van der Waals surface area (Å²) in [6.07, 6.45) is 2.42. The van der Waals surface area contributed by atoms with Crippen molar-refractivity contribution in [2.45, 2.75) is 13.0 Å². The molecule has 1 aliphatic heterocycles. The predicted octanol–water partition coefficient (Wildman–Crippen LogP) is 2.27. The molecule has 114 valence electrons. The second kappa shape index (κ2) is 5.94.